The number of hydrogen-bond acceptors (Lipinski definition) is 2. The van der Waals surface area contributed by atoms with Crippen molar-refractivity contribution in [2.75, 3.05) is 13.1 Å². The SMILES string of the molecule is CC(C)CNC(=O)CCNCc1cc(Cl)cc(Cl)c1. The molecule has 5 heteroatoms. The quantitative estimate of drug-likeness (QED) is 0.759. The number of carbonyl (C=O) groups is 1. The molecule has 0 saturated carbocycles. The van der Waals surface area contributed by atoms with E-state index in [1.54, 1.807) is 6.07 Å². The summed E-state index contributed by atoms with van der Waals surface area (Å²) >= 11 is 11.8. The van der Waals surface area contributed by atoms with Crippen LogP contribution in [-0.2, 0) is 11.3 Å². The second-order valence-corrected chi connectivity index (χ2v) is 5.78. The number of nitrogens with one attached hydrogen (secondary N) is 2. The van der Waals surface area contributed by atoms with Crippen molar-refractivity contribution in [3.8, 4) is 0 Å². The van der Waals surface area contributed by atoms with Crippen LogP contribution < -0.4 is 10.6 Å². The maximum Gasteiger partial charge on any atom is 0.221 e. The molecule has 0 unspecified atom stereocenters. The molecule has 0 bridgehead atoms. The Morgan fingerprint density at radius 1 is 1.21 bits per heavy atom. The fourth-order valence-corrected chi connectivity index (χ4v) is 2.13. The molecule has 0 saturated heterocycles. The highest BCUT2D eigenvalue weighted by Gasteiger charge is 2.02. The van der Waals surface area contributed by atoms with Crippen molar-refractivity contribution in [1.82, 2.24) is 10.6 Å². The van der Waals surface area contributed by atoms with Gasteiger partial charge in [-0.1, -0.05) is 37.0 Å². The van der Waals surface area contributed by atoms with Crippen molar-refractivity contribution in [2.45, 2.75) is 26.8 Å². The molecule has 0 aliphatic carbocycles. The van der Waals surface area contributed by atoms with Gasteiger partial charge in [0.15, 0.2) is 0 Å². The minimum atomic E-state index is 0.0744. The molecule has 19 heavy (non-hydrogen) atoms. The van der Waals surface area contributed by atoms with Gasteiger partial charge in [-0.25, -0.2) is 0 Å². The van der Waals surface area contributed by atoms with Crippen LogP contribution in [0.4, 0.5) is 0 Å². The fraction of sp³-hybridized carbons (Fsp3) is 0.500. The Kier molecular flexibility index (Phi) is 7.21. The third-order valence-electron chi connectivity index (χ3n) is 2.49. The van der Waals surface area contributed by atoms with E-state index in [2.05, 4.69) is 24.5 Å². The summed E-state index contributed by atoms with van der Waals surface area (Å²) in [6.45, 7) is 6.15. The molecule has 1 aromatic carbocycles. The van der Waals surface area contributed by atoms with Gasteiger partial charge in [-0.15, -0.1) is 0 Å². The summed E-state index contributed by atoms with van der Waals surface area (Å²) in [6.07, 6.45) is 0.473. The molecule has 0 spiro atoms. The Labute approximate surface area is 124 Å². The number of benzene rings is 1. The number of amides is 1. The van der Waals surface area contributed by atoms with Crippen LogP contribution in [0.15, 0.2) is 18.2 Å². The molecule has 0 fully saturated rings. The minimum Gasteiger partial charge on any atom is -0.356 e. The third kappa shape index (κ3) is 7.41. The lowest BCUT2D eigenvalue weighted by Gasteiger charge is -2.08. The van der Waals surface area contributed by atoms with Crippen LogP contribution in [0.3, 0.4) is 0 Å². The lowest BCUT2D eigenvalue weighted by molar-refractivity contribution is -0.121. The largest absolute Gasteiger partial charge is 0.356 e. The fourth-order valence-electron chi connectivity index (χ4n) is 1.55. The summed E-state index contributed by atoms with van der Waals surface area (Å²) in [7, 11) is 0. The first kappa shape index (κ1) is 16.3. The van der Waals surface area contributed by atoms with Gasteiger partial charge >= 0.3 is 0 Å². The van der Waals surface area contributed by atoms with Gasteiger partial charge in [-0.3, -0.25) is 4.79 Å². The van der Waals surface area contributed by atoms with Gasteiger partial charge < -0.3 is 10.6 Å². The maximum atomic E-state index is 11.5. The van der Waals surface area contributed by atoms with Gasteiger partial charge in [0.05, 0.1) is 0 Å². The van der Waals surface area contributed by atoms with E-state index in [-0.39, 0.29) is 5.91 Å². The van der Waals surface area contributed by atoms with Crippen LogP contribution in [0, 0.1) is 5.92 Å². The van der Waals surface area contributed by atoms with Crippen molar-refractivity contribution in [3.63, 3.8) is 0 Å². The first-order chi connectivity index (χ1) is 8.97. The highest BCUT2D eigenvalue weighted by Crippen LogP contribution is 2.18. The Morgan fingerprint density at radius 2 is 1.84 bits per heavy atom. The van der Waals surface area contributed by atoms with Crippen molar-refractivity contribution in [3.05, 3.63) is 33.8 Å². The van der Waals surface area contributed by atoms with Crippen LogP contribution in [0.5, 0.6) is 0 Å². The summed E-state index contributed by atoms with van der Waals surface area (Å²) in [5.41, 5.74) is 1.01. The Balaban J connectivity index is 2.21. The molecular weight excluding hydrogens is 283 g/mol. The normalized spacial score (nSPS) is 10.8. The number of carbonyl (C=O) groups excluding carboxylic acids is 1. The van der Waals surface area contributed by atoms with Crippen LogP contribution in [0.2, 0.25) is 10.0 Å². The predicted octanol–water partition coefficient (Wildman–Crippen LogP) is 3.25. The molecule has 3 nitrogen and oxygen atoms in total. The highest BCUT2D eigenvalue weighted by atomic mass is 35.5. The molecule has 106 valence electrons. The number of hydrogen-bond donors (Lipinski definition) is 2. The van der Waals surface area contributed by atoms with Crippen LogP contribution in [-0.4, -0.2) is 19.0 Å². The monoisotopic (exact) mass is 302 g/mol. The first-order valence-corrected chi connectivity index (χ1v) is 7.15. The lowest BCUT2D eigenvalue weighted by atomic mass is 10.2. The third-order valence-corrected chi connectivity index (χ3v) is 2.92. The molecule has 0 atom stereocenters. The highest BCUT2D eigenvalue weighted by molar-refractivity contribution is 6.34. The van der Waals surface area contributed by atoms with E-state index in [1.165, 1.54) is 0 Å². The van der Waals surface area contributed by atoms with E-state index in [1.807, 2.05) is 12.1 Å². The van der Waals surface area contributed by atoms with Gasteiger partial charge in [0.2, 0.25) is 5.91 Å². The van der Waals surface area contributed by atoms with Crippen molar-refractivity contribution < 1.29 is 4.79 Å². The van der Waals surface area contributed by atoms with Crippen LogP contribution in [0.1, 0.15) is 25.8 Å². The average molecular weight is 303 g/mol. The Morgan fingerprint density at radius 3 is 2.42 bits per heavy atom. The predicted molar refractivity (Wildman–Crippen MR) is 80.6 cm³/mol. The smallest absolute Gasteiger partial charge is 0.221 e. The van der Waals surface area contributed by atoms with E-state index in [4.69, 9.17) is 23.2 Å². The topological polar surface area (TPSA) is 41.1 Å². The van der Waals surface area contributed by atoms with Crippen LogP contribution in [0.25, 0.3) is 0 Å². The second kappa shape index (κ2) is 8.41. The number of rotatable bonds is 7. The van der Waals surface area contributed by atoms with E-state index in [9.17, 15) is 4.79 Å². The summed E-state index contributed by atoms with van der Waals surface area (Å²) in [4.78, 5) is 11.5. The molecule has 1 amide bonds. The standard InChI is InChI=1S/C14H20Cl2N2O/c1-10(2)8-18-14(19)3-4-17-9-11-5-12(15)7-13(16)6-11/h5-7,10,17H,3-4,8-9H2,1-2H3,(H,18,19). The second-order valence-electron chi connectivity index (χ2n) is 4.90. The molecule has 0 aliphatic rings. The van der Waals surface area contributed by atoms with E-state index >= 15 is 0 Å². The van der Waals surface area contributed by atoms with Gasteiger partial charge in [-0.2, -0.15) is 0 Å². The van der Waals surface area contributed by atoms with Gasteiger partial charge in [0.1, 0.15) is 0 Å². The summed E-state index contributed by atoms with van der Waals surface area (Å²) in [5.74, 6) is 0.552. The molecule has 1 rings (SSSR count). The van der Waals surface area contributed by atoms with E-state index in [0.29, 0.717) is 35.5 Å². The summed E-state index contributed by atoms with van der Waals surface area (Å²) in [6, 6.07) is 5.42. The van der Waals surface area contributed by atoms with Gasteiger partial charge in [-0.05, 0) is 29.7 Å². The minimum absolute atomic E-state index is 0.0744. The maximum absolute atomic E-state index is 11.5. The van der Waals surface area contributed by atoms with E-state index in [0.717, 1.165) is 12.1 Å². The average Bonchev–Trinajstić information content (AvgIpc) is 2.31. The molecule has 1 aromatic rings. The number of halogens is 2. The molecule has 0 aromatic heterocycles. The Hall–Kier alpha value is -0.770. The van der Waals surface area contributed by atoms with Gasteiger partial charge in [0.25, 0.3) is 0 Å². The molecule has 0 radical (unpaired) electrons. The summed E-state index contributed by atoms with van der Waals surface area (Å²) < 4.78 is 0. The molecule has 0 aliphatic heterocycles. The zero-order chi connectivity index (χ0) is 14.3. The Bertz CT molecular complexity index is 402. The zero-order valence-corrected chi connectivity index (χ0v) is 12.8. The lowest BCUT2D eigenvalue weighted by Crippen LogP contribution is -2.30. The molecule has 2 N–H and O–H groups in total. The zero-order valence-electron chi connectivity index (χ0n) is 11.3. The molecule has 0 heterocycles. The van der Waals surface area contributed by atoms with Crippen molar-refractivity contribution in [1.29, 1.82) is 0 Å². The molecular formula is C14H20Cl2N2O. The van der Waals surface area contributed by atoms with E-state index < -0.39 is 0 Å². The summed E-state index contributed by atoms with van der Waals surface area (Å²) in [5, 5.41) is 7.32. The van der Waals surface area contributed by atoms with Crippen molar-refractivity contribution in [2.24, 2.45) is 5.92 Å². The first-order valence-electron chi connectivity index (χ1n) is 6.39. The van der Waals surface area contributed by atoms with Gasteiger partial charge in [0, 0.05) is 36.1 Å². The van der Waals surface area contributed by atoms with Crippen LogP contribution >= 0.6 is 23.2 Å². The van der Waals surface area contributed by atoms with Crippen molar-refractivity contribution >= 4 is 29.1 Å².